The SMILES string of the molecule is CN(CCCOc1ccc(Br)cc1)CC(O)(Cn1cncn1)c1ccc(F)cc1F. The molecule has 0 aliphatic heterocycles. The van der Waals surface area contributed by atoms with Crippen molar-refractivity contribution < 1.29 is 18.6 Å². The van der Waals surface area contributed by atoms with E-state index in [1.165, 1.54) is 23.4 Å². The van der Waals surface area contributed by atoms with Crippen LogP contribution in [0, 0.1) is 11.6 Å². The first kappa shape index (κ1) is 22.3. The van der Waals surface area contributed by atoms with Gasteiger partial charge in [0.05, 0.1) is 13.2 Å². The maximum atomic E-state index is 14.5. The minimum atomic E-state index is -1.62. The topological polar surface area (TPSA) is 63.4 Å². The summed E-state index contributed by atoms with van der Waals surface area (Å²) in [6.07, 6.45) is 3.49. The van der Waals surface area contributed by atoms with Crippen LogP contribution >= 0.6 is 15.9 Å². The predicted molar refractivity (Wildman–Crippen MR) is 112 cm³/mol. The van der Waals surface area contributed by atoms with Gasteiger partial charge in [-0.15, -0.1) is 0 Å². The van der Waals surface area contributed by atoms with E-state index in [1.807, 2.05) is 36.2 Å². The molecular weight excluding hydrogens is 458 g/mol. The molecular formula is C21H23BrF2N4O2. The third-order valence-corrected chi connectivity index (χ3v) is 5.15. The van der Waals surface area contributed by atoms with E-state index in [0.29, 0.717) is 19.6 Å². The van der Waals surface area contributed by atoms with E-state index in [1.54, 1.807) is 0 Å². The van der Waals surface area contributed by atoms with Gasteiger partial charge in [-0.1, -0.05) is 22.0 Å². The van der Waals surface area contributed by atoms with Crippen LogP contribution in [0.3, 0.4) is 0 Å². The van der Waals surface area contributed by atoms with E-state index in [-0.39, 0.29) is 18.7 Å². The van der Waals surface area contributed by atoms with Gasteiger partial charge in [0, 0.05) is 29.2 Å². The Morgan fingerprint density at radius 3 is 2.63 bits per heavy atom. The Labute approximate surface area is 182 Å². The number of aromatic nitrogens is 3. The molecule has 9 heteroatoms. The first-order chi connectivity index (χ1) is 14.4. The molecule has 1 atom stereocenters. The van der Waals surface area contributed by atoms with Crippen molar-refractivity contribution in [1.29, 1.82) is 0 Å². The van der Waals surface area contributed by atoms with Crippen LogP contribution in [0.4, 0.5) is 8.78 Å². The van der Waals surface area contributed by atoms with Crippen molar-refractivity contribution in [1.82, 2.24) is 19.7 Å². The molecule has 0 spiro atoms. The summed E-state index contributed by atoms with van der Waals surface area (Å²) in [6.45, 7) is 1.21. The number of hydrogen-bond acceptors (Lipinski definition) is 5. The van der Waals surface area contributed by atoms with Crippen LogP contribution in [0.15, 0.2) is 59.6 Å². The Kier molecular flexibility index (Phi) is 7.52. The number of hydrogen-bond donors (Lipinski definition) is 1. The van der Waals surface area contributed by atoms with Gasteiger partial charge >= 0.3 is 0 Å². The summed E-state index contributed by atoms with van der Waals surface area (Å²) in [5.74, 6) is -0.723. The number of ether oxygens (including phenoxy) is 1. The molecule has 0 fully saturated rings. The Morgan fingerprint density at radius 2 is 1.97 bits per heavy atom. The standard InChI is InChI=1S/C21H23BrF2N4O2/c1-27(9-2-10-30-18-6-3-16(22)4-7-18)12-21(29,13-28-15-25-14-26-28)19-8-5-17(23)11-20(19)24/h3-8,11,14-15,29H,2,9-10,12-13H2,1H3. The molecule has 1 heterocycles. The Bertz CT molecular complexity index is 941. The van der Waals surface area contributed by atoms with Crippen molar-refractivity contribution in [3.8, 4) is 5.75 Å². The molecule has 3 rings (SSSR count). The highest BCUT2D eigenvalue weighted by Gasteiger charge is 2.34. The zero-order valence-corrected chi connectivity index (χ0v) is 18.1. The highest BCUT2D eigenvalue weighted by molar-refractivity contribution is 9.10. The molecule has 0 bridgehead atoms. The maximum Gasteiger partial charge on any atom is 0.137 e. The summed E-state index contributed by atoms with van der Waals surface area (Å²) >= 11 is 3.38. The van der Waals surface area contributed by atoms with Gasteiger partial charge in [-0.25, -0.2) is 18.4 Å². The van der Waals surface area contributed by atoms with E-state index < -0.39 is 17.2 Å². The van der Waals surface area contributed by atoms with E-state index in [0.717, 1.165) is 22.4 Å². The molecule has 1 unspecified atom stereocenters. The van der Waals surface area contributed by atoms with Crippen LogP contribution in [0.25, 0.3) is 0 Å². The molecule has 0 radical (unpaired) electrons. The third kappa shape index (κ3) is 6.07. The fraction of sp³-hybridized carbons (Fsp3) is 0.333. The molecule has 1 N–H and O–H groups in total. The largest absolute Gasteiger partial charge is 0.494 e. The summed E-state index contributed by atoms with van der Waals surface area (Å²) in [5.41, 5.74) is -1.61. The van der Waals surface area contributed by atoms with Gasteiger partial charge in [-0.3, -0.25) is 0 Å². The van der Waals surface area contributed by atoms with Gasteiger partial charge in [-0.2, -0.15) is 5.10 Å². The van der Waals surface area contributed by atoms with Gasteiger partial charge in [0.15, 0.2) is 0 Å². The number of rotatable bonds is 10. The van der Waals surface area contributed by atoms with Crippen molar-refractivity contribution in [3.05, 3.63) is 76.8 Å². The quantitative estimate of drug-likeness (QED) is 0.449. The normalized spacial score (nSPS) is 13.4. The summed E-state index contributed by atoms with van der Waals surface area (Å²) in [6, 6.07) is 10.7. The van der Waals surface area contributed by atoms with Gasteiger partial charge in [0.1, 0.15) is 35.6 Å². The molecule has 0 aliphatic carbocycles. The maximum absolute atomic E-state index is 14.5. The lowest BCUT2D eigenvalue weighted by molar-refractivity contribution is -0.0165. The van der Waals surface area contributed by atoms with Crippen molar-refractivity contribution in [2.75, 3.05) is 26.7 Å². The fourth-order valence-corrected chi connectivity index (χ4v) is 3.51. The van der Waals surface area contributed by atoms with Crippen LogP contribution < -0.4 is 4.74 Å². The monoisotopic (exact) mass is 480 g/mol. The number of halogens is 3. The summed E-state index contributed by atoms with van der Waals surface area (Å²) < 4.78 is 35.9. The molecule has 2 aromatic carbocycles. The second kappa shape index (κ2) is 10.1. The Morgan fingerprint density at radius 1 is 1.20 bits per heavy atom. The van der Waals surface area contributed by atoms with Crippen LogP contribution in [0.1, 0.15) is 12.0 Å². The first-order valence-electron chi connectivity index (χ1n) is 9.43. The zero-order chi connectivity index (χ0) is 21.6. The summed E-state index contributed by atoms with van der Waals surface area (Å²) in [5, 5.41) is 15.3. The second-order valence-corrected chi connectivity index (χ2v) is 8.06. The highest BCUT2D eigenvalue weighted by Crippen LogP contribution is 2.27. The molecule has 0 aliphatic rings. The van der Waals surface area contributed by atoms with Gasteiger partial charge < -0.3 is 14.7 Å². The van der Waals surface area contributed by atoms with Crippen LogP contribution in [-0.2, 0) is 12.1 Å². The van der Waals surface area contributed by atoms with E-state index in [2.05, 4.69) is 26.0 Å². The molecule has 1 aromatic heterocycles. The lowest BCUT2D eigenvalue weighted by Gasteiger charge is -2.33. The minimum absolute atomic E-state index is 0.0114. The number of nitrogens with zero attached hydrogens (tertiary/aromatic N) is 4. The molecule has 3 aromatic rings. The number of likely N-dealkylation sites (N-methyl/N-ethyl adjacent to an activating group) is 1. The average Bonchev–Trinajstić information content (AvgIpc) is 3.19. The van der Waals surface area contributed by atoms with Crippen LogP contribution in [0.2, 0.25) is 0 Å². The third-order valence-electron chi connectivity index (χ3n) is 4.62. The van der Waals surface area contributed by atoms with Gasteiger partial charge in [-0.05, 0) is 43.8 Å². The Hall–Kier alpha value is -2.36. The summed E-state index contributed by atoms with van der Waals surface area (Å²) in [7, 11) is 1.83. The molecule has 0 saturated carbocycles. The first-order valence-corrected chi connectivity index (χ1v) is 10.2. The van der Waals surface area contributed by atoms with Crippen LogP contribution in [0.5, 0.6) is 5.75 Å². The average molecular weight is 481 g/mol. The van der Waals surface area contributed by atoms with E-state index in [4.69, 9.17) is 4.74 Å². The predicted octanol–water partition coefficient (Wildman–Crippen LogP) is 3.61. The van der Waals surface area contributed by atoms with Crippen molar-refractivity contribution >= 4 is 15.9 Å². The number of benzene rings is 2. The lowest BCUT2D eigenvalue weighted by atomic mass is 9.92. The molecule has 6 nitrogen and oxygen atoms in total. The number of aliphatic hydroxyl groups is 1. The van der Waals surface area contributed by atoms with Crippen molar-refractivity contribution in [2.45, 2.75) is 18.6 Å². The lowest BCUT2D eigenvalue weighted by Crippen LogP contribution is -2.43. The van der Waals surface area contributed by atoms with Crippen molar-refractivity contribution in [3.63, 3.8) is 0 Å². The zero-order valence-electron chi connectivity index (χ0n) is 16.5. The minimum Gasteiger partial charge on any atom is -0.494 e. The Balaban J connectivity index is 1.62. The smallest absolute Gasteiger partial charge is 0.137 e. The van der Waals surface area contributed by atoms with E-state index >= 15 is 0 Å². The molecule has 0 saturated heterocycles. The van der Waals surface area contributed by atoms with Crippen LogP contribution in [-0.4, -0.2) is 51.5 Å². The van der Waals surface area contributed by atoms with Gasteiger partial charge in [0.2, 0.25) is 0 Å². The van der Waals surface area contributed by atoms with E-state index in [9.17, 15) is 13.9 Å². The molecule has 30 heavy (non-hydrogen) atoms. The van der Waals surface area contributed by atoms with Gasteiger partial charge in [0.25, 0.3) is 0 Å². The fourth-order valence-electron chi connectivity index (χ4n) is 3.25. The summed E-state index contributed by atoms with van der Waals surface area (Å²) in [4.78, 5) is 5.74. The second-order valence-electron chi connectivity index (χ2n) is 7.14. The molecule has 0 amide bonds. The molecule has 160 valence electrons. The van der Waals surface area contributed by atoms with Crippen molar-refractivity contribution in [2.24, 2.45) is 0 Å². The highest BCUT2D eigenvalue weighted by atomic mass is 79.9.